The van der Waals surface area contributed by atoms with E-state index >= 15 is 0 Å². The number of nitrogens with one attached hydrogen (secondary N) is 1. The van der Waals surface area contributed by atoms with Crippen molar-refractivity contribution in [3.05, 3.63) is 53.1 Å². The standard InChI is InChI=1S/C14H10ClFN2O2/c15-10-5-12-13(6-11(10)16)20-14(18-12)7-17-8-1-3-9(19)4-2-8/h1-6,17,19H,7H2. The smallest absolute Gasteiger partial charge is 0.214 e. The molecule has 102 valence electrons. The molecule has 3 rings (SSSR count). The first-order valence-electron chi connectivity index (χ1n) is 5.89. The Labute approximate surface area is 118 Å². The first-order valence-corrected chi connectivity index (χ1v) is 6.27. The van der Waals surface area contributed by atoms with E-state index in [1.807, 2.05) is 0 Å². The summed E-state index contributed by atoms with van der Waals surface area (Å²) in [5.74, 6) is 0.0885. The normalized spacial score (nSPS) is 10.9. The topological polar surface area (TPSA) is 58.3 Å². The van der Waals surface area contributed by atoms with Crippen LogP contribution in [-0.4, -0.2) is 10.1 Å². The second-order valence-electron chi connectivity index (χ2n) is 4.24. The molecule has 4 nitrogen and oxygen atoms in total. The van der Waals surface area contributed by atoms with Crippen molar-refractivity contribution >= 4 is 28.4 Å². The van der Waals surface area contributed by atoms with Crippen LogP contribution in [0.15, 0.2) is 40.8 Å². The zero-order chi connectivity index (χ0) is 14.1. The number of aromatic hydroxyl groups is 1. The van der Waals surface area contributed by atoms with Crippen LogP contribution in [0.4, 0.5) is 10.1 Å². The van der Waals surface area contributed by atoms with Crippen molar-refractivity contribution in [2.75, 3.05) is 5.32 Å². The monoisotopic (exact) mass is 292 g/mol. The van der Waals surface area contributed by atoms with Crippen LogP contribution < -0.4 is 5.32 Å². The molecule has 0 radical (unpaired) electrons. The van der Waals surface area contributed by atoms with Gasteiger partial charge in [-0.2, -0.15) is 0 Å². The summed E-state index contributed by atoms with van der Waals surface area (Å²) >= 11 is 5.69. The number of rotatable bonds is 3. The molecule has 0 saturated heterocycles. The second kappa shape index (κ2) is 5.02. The lowest BCUT2D eigenvalue weighted by atomic mass is 10.3. The largest absolute Gasteiger partial charge is 0.508 e. The second-order valence-corrected chi connectivity index (χ2v) is 4.65. The lowest BCUT2D eigenvalue weighted by Gasteiger charge is -2.02. The van der Waals surface area contributed by atoms with Crippen LogP contribution in [0.1, 0.15) is 5.89 Å². The maximum Gasteiger partial charge on any atom is 0.214 e. The lowest BCUT2D eigenvalue weighted by molar-refractivity contribution is 0.475. The number of hydrogen-bond donors (Lipinski definition) is 2. The van der Waals surface area contributed by atoms with Gasteiger partial charge in [0, 0.05) is 11.8 Å². The zero-order valence-electron chi connectivity index (χ0n) is 10.2. The predicted molar refractivity (Wildman–Crippen MR) is 74.4 cm³/mol. The van der Waals surface area contributed by atoms with Gasteiger partial charge in [-0.15, -0.1) is 0 Å². The number of oxazole rings is 1. The number of nitrogens with zero attached hydrogens (tertiary/aromatic N) is 1. The first-order chi connectivity index (χ1) is 9.61. The molecule has 0 aliphatic heterocycles. The molecule has 1 aromatic heterocycles. The van der Waals surface area contributed by atoms with Crippen LogP contribution in [0.3, 0.4) is 0 Å². The molecule has 1 heterocycles. The average molecular weight is 293 g/mol. The maximum atomic E-state index is 13.3. The van der Waals surface area contributed by atoms with Crippen LogP contribution in [0.5, 0.6) is 5.75 Å². The molecule has 0 bridgehead atoms. The summed E-state index contributed by atoms with van der Waals surface area (Å²) in [7, 11) is 0. The maximum absolute atomic E-state index is 13.3. The Balaban J connectivity index is 1.79. The molecule has 0 fully saturated rings. The third-order valence-electron chi connectivity index (χ3n) is 2.79. The molecule has 2 aromatic carbocycles. The molecule has 0 aliphatic rings. The Morgan fingerprint density at radius 2 is 2.00 bits per heavy atom. The molecular weight excluding hydrogens is 283 g/mol. The molecule has 0 aliphatic carbocycles. The lowest BCUT2D eigenvalue weighted by Crippen LogP contribution is -1.98. The van der Waals surface area contributed by atoms with Gasteiger partial charge in [0.1, 0.15) is 17.1 Å². The Morgan fingerprint density at radius 1 is 1.25 bits per heavy atom. The van der Waals surface area contributed by atoms with Crippen LogP contribution in [0.25, 0.3) is 11.1 Å². The number of phenolic OH excluding ortho intramolecular Hbond substituents is 1. The molecule has 0 spiro atoms. The van der Waals surface area contributed by atoms with Crippen molar-refractivity contribution in [1.82, 2.24) is 4.98 Å². The van der Waals surface area contributed by atoms with E-state index in [0.29, 0.717) is 23.5 Å². The Kier molecular flexibility index (Phi) is 3.20. The number of aromatic nitrogens is 1. The van der Waals surface area contributed by atoms with E-state index in [9.17, 15) is 9.50 Å². The van der Waals surface area contributed by atoms with Crippen molar-refractivity contribution in [3.63, 3.8) is 0 Å². The van der Waals surface area contributed by atoms with E-state index in [4.69, 9.17) is 16.0 Å². The molecule has 6 heteroatoms. The van der Waals surface area contributed by atoms with Gasteiger partial charge in [0.15, 0.2) is 5.58 Å². The van der Waals surface area contributed by atoms with E-state index < -0.39 is 5.82 Å². The number of fused-ring (bicyclic) bond motifs is 1. The van der Waals surface area contributed by atoms with Gasteiger partial charge >= 0.3 is 0 Å². The Bertz CT molecular complexity index is 717. The van der Waals surface area contributed by atoms with E-state index in [2.05, 4.69) is 10.3 Å². The highest BCUT2D eigenvalue weighted by atomic mass is 35.5. The van der Waals surface area contributed by atoms with E-state index in [0.717, 1.165) is 5.69 Å². The van der Waals surface area contributed by atoms with Crippen molar-refractivity contribution in [3.8, 4) is 5.75 Å². The molecule has 2 N–H and O–H groups in total. The minimum Gasteiger partial charge on any atom is -0.508 e. The highest BCUT2D eigenvalue weighted by molar-refractivity contribution is 6.31. The summed E-state index contributed by atoms with van der Waals surface area (Å²) in [5.41, 5.74) is 1.68. The SMILES string of the molecule is Oc1ccc(NCc2nc3cc(Cl)c(F)cc3o2)cc1. The quantitative estimate of drug-likeness (QED) is 0.718. The third-order valence-corrected chi connectivity index (χ3v) is 3.08. The molecule has 20 heavy (non-hydrogen) atoms. The van der Waals surface area contributed by atoms with Gasteiger partial charge in [0.2, 0.25) is 5.89 Å². The minimum absolute atomic E-state index is 0.0174. The molecule has 0 atom stereocenters. The fourth-order valence-corrected chi connectivity index (χ4v) is 1.96. The van der Waals surface area contributed by atoms with Crippen LogP contribution in [0.2, 0.25) is 5.02 Å². The summed E-state index contributed by atoms with van der Waals surface area (Å²) in [6.45, 7) is 0.346. The predicted octanol–water partition coefficient (Wildman–Crippen LogP) is 3.94. The highest BCUT2D eigenvalue weighted by Gasteiger charge is 2.09. The fourth-order valence-electron chi connectivity index (χ4n) is 1.80. The Hall–Kier alpha value is -2.27. The van der Waals surface area contributed by atoms with Gasteiger partial charge in [-0.05, 0) is 30.3 Å². The third kappa shape index (κ3) is 2.53. The summed E-state index contributed by atoms with van der Waals surface area (Å²) < 4.78 is 18.7. The Morgan fingerprint density at radius 3 is 2.75 bits per heavy atom. The van der Waals surface area contributed by atoms with E-state index in [1.54, 1.807) is 24.3 Å². The van der Waals surface area contributed by atoms with E-state index in [1.165, 1.54) is 12.1 Å². The van der Waals surface area contributed by atoms with Gasteiger partial charge in [-0.25, -0.2) is 9.37 Å². The summed E-state index contributed by atoms with van der Waals surface area (Å²) in [4.78, 5) is 4.22. The van der Waals surface area contributed by atoms with Crippen molar-refractivity contribution in [1.29, 1.82) is 0 Å². The number of benzene rings is 2. The van der Waals surface area contributed by atoms with Crippen LogP contribution in [0, 0.1) is 5.82 Å². The number of hydrogen-bond acceptors (Lipinski definition) is 4. The zero-order valence-corrected chi connectivity index (χ0v) is 11.0. The van der Waals surface area contributed by atoms with Crippen molar-refractivity contribution < 1.29 is 13.9 Å². The van der Waals surface area contributed by atoms with Gasteiger partial charge in [-0.3, -0.25) is 0 Å². The molecule has 3 aromatic rings. The number of anilines is 1. The first kappa shape index (κ1) is 12.7. The van der Waals surface area contributed by atoms with Crippen molar-refractivity contribution in [2.45, 2.75) is 6.54 Å². The molecular formula is C14H10ClFN2O2. The number of halogens is 2. The molecule has 0 saturated carbocycles. The highest BCUT2D eigenvalue weighted by Crippen LogP contribution is 2.24. The number of phenols is 1. The minimum atomic E-state index is -0.534. The van der Waals surface area contributed by atoms with Crippen LogP contribution >= 0.6 is 11.6 Å². The van der Waals surface area contributed by atoms with Crippen molar-refractivity contribution in [2.24, 2.45) is 0 Å². The molecule has 0 unspecified atom stereocenters. The summed E-state index contributed by atoms with van der Waals surface area (Å²) in [6, 6.07) is 9.25. The molecule has 0 amide bonds. The fraction of sp³-hybridized carbons (Fsp3) is 0.0714. The summed E-state index contributed by atoms with van der Waals surface area (Å²) in [6.07, 6.45) is 0. The summed E-state index contributed by atoms with van der Waals surface area (Å²) in [5, 5.41) is 12.3. The van der Waals surface area contributed by atoms with E-state index in [-0.39, 0.29) is 10.8 Å². The van der Waals surface area contributed by atoms with Gasteiger partial charge in [-0.1, -0.05) is 11.6 Å². The van der Waals surface area contributed by atoms with Crippen LogP contribution in [-0.2, 0) is 6.54 Å². The van der Waals surface area contributed by atoms with Gasteiger partial charge in [0.25, 0.3) is 0 Å². The van der Waals surface area contributed by atoms with Gasteiger partial charge in [0.05, 0.1) is 11.6 Å². The average Bonchev–Trinajstić information content (AvgIpc) is 2.80. The van der Waals surface area contributed by atoms with Gasteiger partial charge < -0.3 is 14.8 Å².